The number of aryl methyl sites for hydroxylation is 1. The number of ether oxygens (including phenoxy) is 1. The van der Waals surface area contributed by atoms with Gasteiger partial charge in [-0.2, -0.15) is 0 Å². The number of nitrogens with one attached hydrogen (secondary N) is 1. The third-order valence-corrected chi connectivity index (χ3v) is 3.14. The van der Waals surface area contributed by atoms with E-state index in [1.54, 1.807) is 0 Å². The summed E-state index contributed by atoms with van der Waals surface area (Å²) in [5, 5.41) is 2.91. The van der Waals surface area contributed by atoms with E-state index in [1.165, 1.54) is 0 Å². The van der Waals surface area contributed by atoms with Crippen LogP contribution in [-0.4, -0.2) is 25.2 Å². The second-order valence-electron chi connectivity index (χ2n) is 4.68. The van der Waals surface area contributed by atoms with Crippen molar-refractivity contribution in [3.05, 3.63) is 29.8 Å². The van der Waals surface area contributed by atoms with Gasteiger partial charge in [0.25, 0.3) is 0 Å². The first-order chi connectivity index (χ1) is 8.74. The van der Waals surface area contributed by atoms with Gasteiger partial charge < -0.3 is 15.8 Å². The zero-order valence-electron chi connectivity index (χ0n) is 10.5. The van der Waals surface area contributed by atoms with Crippen molar-refractivity contribution in [1.29, 1.82) is 0 Å². The molecular formula is C14H20N2O2. The van der Waals surface area contributed by atoms with Crippen LogP contribution in [-0.2, 0) is 16.0 Å². The number of carbonyl (C=O) groups excluding carboxylic acids is 1. The highest BCUT2D eigenvalue weighted by atomic mass is 16.5. The van der Waals surface area contributed by atoms with Gasteiger partial charge in [-0.25, -0.2) is 0 Å². The van der Waals surface area contributed by atoms with E-state index in [0.29, 0.717) is 13.0 Å². The summed E-state index contributed by atoms with van der Waals surface area (Å²) in [6.07, 6.45) is 3.58. The van der Waals surface area contributed by atoms with Crippen LogP contribution in [0.2, 0.25) is 0 Å². The first-order valence-electron chi connectivity index (χ1n) is 6.47. The molecule has 18 heavy (non-hydrogen) atoms. The Bertz CT molecular complexity index is 401. The lowest BCUT2D eigenvalue weighted by Crippen LogP contribution is -2.31. The molecule has 1 aliphatic rings. The van der Waals surface area contributed by atoms with Crippen molar-refractivity contribution in [1.82, 2.24) is 5.32 Å². The van der Waals surface area contributed by atoms with Gasteiger partial charge in [-0.15, -0.1) is 0 Å². The molecule has 3 N–H and O–H groups in total. The molecule has 0 spiro atoms. The molecule has 2 rings (SSSR count). The van der Waals surface area contributed by atoms with E-state index in [-0.39, 0.29) is 12.0 Å². The summed E-state index contributed by atoms with van der Waals surface area (Å²) in [7, 11) is 0. The quantitative estimate of drug-likeness (QED) is 0.776. The number of hydrogen-bond donors (Lipinski definition) is 2. The monoisotopic (exact) mass is 248 g/mol. The number of anilines is 1. The second kappa shape index (κ2) is 6.40. The van der Waals surface area contributed by atoms with Crippen LogP contribution in [0.25, 0.3) is 0 Å². The van der Waals surface area contributed by atoms with Gasteiger partial charge in [0.15, 0.2) is 0 Å². The fourth-order valence-corrected chi connectivity index (χ4v) is 2.13. The molecule has 4 nitrogen and oxygen atoms in total. The molecular weight excluding hydrogens is 228 g/mol. The van der Waals surface area contributed by atoms with Crippen LogP contribution in [0, 0.1) is 0 Å². The van der Waals surface area contributed by atoms with Crippen molar-refractivity contribution in [3.8, 4) is 0 Å². The molecule has 1 aromatic carbocycles. The summed E-state index contributed by atoms with van der Waals surface area (Å²) < 4.78 is 5.45. The van der Waals surface area contributed by atoms with Crippen LogP contribution >= 0.6 is 0 Å². The number of rotatable bonds is 5. The van der Waals surface area contributed by atoms with E-state index in [1.807, 2.05) is 24.3 Å². The number of nitrogens with two attached hydrogens (primary N) is 1. The highest BCUT2D eigenvalue weighted by molar-refractivity contribution is 5.76. The molecule has 0 saturated carbocycles. The third kappa shape index (κ3) is 4.04. The Hall–Kier alpha value is -1.55. The van der Waals surface area contributed by atoms with Gasteiger partial charge in [-0.05, 0) is 37.0 Å². The fourth-order valence-electron chi connectivity index (χ4n) is 2.13. The maximum Gasteiger partial charge on any atom is 0.220 e. The van der Waals surface area contributed by atoms with Crippen LogP contribution in [0.1, 0.15) is 24.8 Å². The molecule has 0 bridgehead atoms. The lowest BCUT2D eigenvalue weighted by molar-refractivity contribution is -0.121. The van der Waals surface area contributed by atoms with Gasteiger partial charge in [0.05, 0.1) is 6.10 Å². The van der Waals surface area contributed by atoms with Gasteiger partial charge in [-0.1, -0.05) is 12.1 Å². The van der Waals surface area contributed by atoms with Gasteiger partial charge in [0, 0.05) is 25.3 Å². The summed E-state index contributed by atoms with van der Waals surface area (Å²) in [4.78, 5) is 11.7. The molecule has 1 fully saturated rings. The molecule has 1 heterocycles. The largest absolute Gasteiger partial charge is 0.399 e. The molecule has 1 saturated heterocycles. The zero-order valence-corrected chi connectivity index (χ0v) is 10.5. The molecule has 1 aromatic rings. The minimum atomic E-state index is 0.0768. The van der Waals surface area contributed by atoms with Crippen molar-refractivity contribution >= 4 is 11.6 Å². The smallest absolute Gasteiger partial charge is 0.220 e. The normalized spacial score (nSPS) is 18.8. The third-order valence-electron chi connectivity index (χ3n) is 3.14. The fraction of sp³-hybridized carbons (Fsp3) is 0.500. The summed E-state index contributed by atoms with van der Waals surface area (Å²) in [5.74, 6) is 0.0768. The molecule has 1 aliphatic heterocycles. The molecule has 0 radical (unpaired) electrons. The zero-order chi connectivity index (χ0) is 12.8. The Morgan fingerprint density at radius 1 is 1.50 bits per heavy atom. The van der Waals surface area contributed by atoms with Crippen molar-refractivity contribution in [2.75, 3.05) is 18.9 Å². The average Bonchev–Trinajstić information content (AvgIpc) is 2.87. The predicted molar refractivity (Wildman–Crippen MR) is 71.2 cm³/mol. The van der Waals surface area contributed by atoms with Crippen LogP contribution < -0.4 is 11.1 Å². The molecule has 4 heteroatoms. The van der Waals surface area contributed by atoms with E-state index in [9.17, 15) is 4.79 Å². The Labute approximate surface area is 108 Å². The molecule has 1 atom stereocenters. The van der Waals surface area contributed by atoms with Crippen LogP contribution in [0.3, 0.4) is 0 Å². The molecule has 0 aromatic heterocycles. The van der Waals surface area contributed by atoms with E-state index >= 15 is 0 Å². The molecule has 98 valence electrons. The summed E-state index contributed by atoms with van der Waals surface area (Å²) in [6, 6.07) is 7.66. The van der Waals surface area contributed by atoms with Crippen molar-refractivity contribution in [2.45, 2.75) is 31.8 Å². The lowest BCUT2D eigenvalue weighted by atomic mass is 10.1. The Balaban J connectivity index is 1.68. The lowest BCUT2D eigenvalue weighted by Gasteiger charge is -2.10. The second-order valence-corrected chi connectivity index (χ2v) is 4.68. The Kier molecular flexibility index (Phi) is 4.59. The SMILES string of the molecule is Nc1cccc(CCC(=O)NCC2CCCO2)c1. The average molecular weight is 248 g/mol. The Morgan fingerprint density at radius 3 is 3.11 bits per heavy atom. The van der Waals surface area contributed by atoms with Crippen LogP contribution in [0.5, 0.6) is 0 Å². The van der Waals surface area contributed by atoms with Gasteiger partial charge in [0.1, 0.15) is 0 Å². The molecule has 1 unspecified atom stereocenters. The van der Waals surface area contributed by atoms with E-state index in [4.69, 9.17) is 10.5 Å². The first kappa shape index (κ1) is 12.9. The van der Waals surface area contributed by atoms with E-state index in [2.05, 4.69) is 5.32 Å². The number of carbonyl (C=O) groups is 1. The topological polar surface area (TPSA) is 64.4 Å². The van der Waals surface area contributed by atoms with Gasteiger partial charge >= 0.3 is 0 Å². The van der Waals surface area contributed by atoms with Gasteiger partial charge in [-0.3, -0.25) is 4.79 Å². The summed E-state index contributed by atoms with van der Waals surface area (Å²) >= 11 is 0. The number of nitrogen functional groups attached to an aromatic ring is 1. The van der Waals surface area contributed by atoms with Gasteiger partial charge in [0.2, 0.25) is 5.91 Å². The highest BCUT2D eigenvalue weighted by Gasteiger charge is 2.15. The number of amides is 1. The minimum absolute atomic E-state index is 0.0768. The predicted octanol–water partition coefficient (Wildman–Crippen LogP) is 1.50. The number of hydrogen-bond acceptors (Lipinski definition) is 3. The van der Waals surface area contributed by atoms with Crippen LogP contribution in [0.4, 0.5) is 5.69 Å². The first-order valence-corrected chi connectivity index (χ1v) is 6.47. The highest BCUT2D eigenvalue weighted by Crippen LogP contribution is 2.11. The van der Waals surface area contributed by atoms with E-state index < -0.39 is 0 Å². The Morgan fingerprint density at radius 2 is 2.39 bits per heavy atom. The van der Waals surface area contributed by atoms with Crippen LogP contribution in [0.15, 0.2) is 24.3 Å². The summed E-state index contributed by atoms with van der Waals surface area (Å²) in [6.45, 7) is 1.46. The minimum Gasteiger partial charge on any atom is -0.399 e. The maximum absolute atomic E-state index is 11.7. The molecule has 1 amide bonds. The summed E-state index contributed by atoms with van der Waals surface area (Å²) in [5.41, 5.74) is 7.53. The standard InChI is InChI=1S/C14H20N2O2/c15-12-4-1-3-11(9-12)6-7-14(17)16-10-13-5-2-8-18-13/h1,3-4,9,13H,2,5-8,10,15H2,(H,16,17). The van der Waals surface area contributed by atoms with E-state index in [0.717, 1.165) is 37.1 Å². The van der Waals surface area contributed by atoms with Crippen molar-refractivity contribution in [3.63, 3.8) is 0 Å². The maximum atomic E-state index is 11.7. The number of benzene rings is 1. The van der Waals surface area contributed by atoms with Crippen molar-refractivity contribution < 1.29 is 9.53 Å². The van der Waals surface area contributed by atoms with Crippen molar-refractivity contribution in [2.24, 2.45) is 0 Å². The molecule has 0 aliphatic carbocycles.